The van der Waals surface area contributed by atoms with Gasteiger partial charge in [0, 0.05) is 91.6 Å². The first kappa shape index (κ1) is 66.0. The van der Waals surface area contributed by atoms with Gasteiger partial charge in [0.05, 0.1) is 45.3 Å². The summed E-state index contributed by atoms with van der Waals surface area (Å²) in [5.41, 5.74) is 15.9. The molecule has 3 aromatic heterocycles. The molecule has 4 fully saturated rings. The van der Waals surface area contributed by atoms with Crippen molar-refractivity contribution in [2.24, 2.45) is 7.05 Å². The van der Waals surface area contributed by atoms with Crippen LogP contribution >= 0.6 is 47.0 Å². The highest BCUT2D eigenvalue weighted by atomic mass is 32.2. The molecule has 4 saturated carbocycles. The fourth-order valence-electron chi connectivity index (χ4n) is 16.1. The third-order valence-electron chi connectivity index (χ3n) is 21.6. The maximum Gasteiger partial charge on any atom is 0.275 e. The van der Waals surface area contributed by atoms with E-state index in [1.807, 2.05) is 0 Å². The van der Waals surface area contributed by atoms with E-state index >= 15 is 0 Å². The van der Waals surface area contributed by atoms with Crippen molar-refractivity contribution < 1.29 is 4.57 Å². The zero-order valence-corrected chi connectivity index (χ0v) is 61.9. The van der Waals surface area contributed by atoms with Gasteiger partial charge in [-0.25, -0.2) is 19.5 Å². The second-order valence-corrected chi connectivity index (χ2v) is 33.5. The van der Waals surface area contributed by atoms with E-state index in [1.54, 1.807) is 47.0 Å². The molecular weight excluding hydrogens is 1320 g/mol. The van der Waals surface area contributed by atoms with Gasteiger partial charge in [0.15, 0.2) is 11.6 Å². The maximum absolute atomic E-state index is 6.21. The Hall–Kier alpha value is -8.28. The van der Waals surface area contributed by atoms with Crippen LogP contribution in [0.15, 0.2) is 185 Å². The Morgan fingerprint density at radius 3 is 0.980 bits per heavy atom. The minimum absolute atomic E-state index is 0.295. The summed E-state index contributed by atoms with van der Waals surface area (Å²) in [6.45, 7) is 8.65. The van der Waals surface area contributed by atoms with Crippen LogP contribution < -0.4 is 25.8 Å². The lowest BCUT2D eigenvalue weighted by Gasteiger charge is -2.25. The van der Waals surface area contributed by atoms with Gasteiger partial charge in [-0.05, 0) is 176 Å². The molecule has 0 amide bonds. The molecule has 17 rings (SSSR count). The fraction of sp³-hybridized carbons (Fsp3) is 0.341. The molecule has 512 valence electrons. The molecule has 5 heterocycles. The van der Waals surface area contributed by atoms with Crippen molar-refractivity contribution in [2.45, 2.75) is 219 Å². The summed E-state index contributed by atoms with van der Waals surface area (Å²) >= 11 is 7.12. The summed E-state index contributed by atoms with van der Waals surface area (Å²) in [6.07, 6.45) is 23.4. The van der Waals surface area contributed by atoms with Gasteiger partial charge in [-0.3, -0.25) is 0 Å². The van der Waals surface area contributed by atoms with Crippen molar-refractivity contribution in [3.8, 4) is 45.6 Å². The van der Waals surface area contributed by atoms with Crippen LogP contribution in [0.3, 0.4) is 0 Å². The smallest absolute Gasteiger partial charge is 0.275 e. The fourth-order valence-corrected chi connectivity index (χ4v) is 20.0. The van der Waals surface area contributed by atoms with Crippen molar-refractivity contribution in [3.63, 3.8) is 0 Å². The SMILES string of the molecule is Cc1ccc(Sc2ccc(NC3CCCCC3)c3c2-c2nc-3nc3[nH]c(nc4[n+](C)c(nc5[nH]c(n2)c2c(NC6CCCCC6)ccc(Sc6ccc(C)cc6)c52)-c2c(NC5CCCCC5)ccc(Sc5ccc(C)cc5)c2-4)c2c(Sc4ccc(C)cc4)ccc(NC4CCCCC4)c32)cc1. The first-order valence-electron chi connectivity index (χ1n) is 37.1. The number of aromatic nitrogens is 8. The van der Waals surface area contributed by atoms with Crippen LogP contribution in [-0.4, -0.2) is 59.1 Å². The van der Waals surface area contributed by atoms with Gasteiger partial charge in [-0.15, -0.1) is 0 Å². The average molecular weight is 1410 g/mol. The number of aryl methyl sites for hydroxylation is 4. The molecule has 2 aliphatic heterocycles. The second kappa shape index (κ2) is 28.9. The number of fused-ring (bicyclic) bond motifs is 20. The van der Waals surface area contributed by atoms with E-state index in [4.69, 9.17) is 24.9 Å². The minimum atomic E-state index is 0.295. The Bertz CT molecular complexity index is 5100. The minimum Gasteiger partial charge on any atom is -0.382 e. The van der Waals surface area contributed by atoms with Crippen molar-refractivity contribution in [2.75, 3.05) is 21.3 Å². The number of hydrogen-bond acceptors (Lipinski definition) is 13. The predicted molar refractivity (Wildman–Crippen MR) is 423 cm³/mol. The summed E-state index contributed by atoms with van der Waals surface area (Å²) < 4.78 is 2.28. The summed E-state index contributed by atoms with van der Waals surface area (Å²) in [5.74, 6) is 2.79. The van der Waals surface area contributed by atoms with Gasteiger partial charge in [0.25, 0.3) is 11.6 Å². The zero-order chi connectivity index (χ0) is 68.1. The van der Waals surface area contributed by atoms with Crippen LogP contribution in [0.4, 0.5) is 22.7 Å². The van der Waals surface area contributed by atoms with Gasteiger partial charge in [-0.1, -0.05) is 205 Å². The first-order valence-corrected chi connectivity index (χ1v) is 40.4. The molecular formula is C85H89N12S4+. The molecule has 6 aliphatic rings. The molecule has 0 saturated heterocycles. The van der Waals surface area contributed by atoms with Crippen LogP contribution in [-0.2, 0) is 7.05 Å². The Labute approximate surface area is 610 Å². The topological polar surface area (TPSA) is 148 Å². The van der Waals surface area contributed by atoms with E-state index in [-0.39, 0.29) is 0 Å². The van der Waals surface area contributed by atoms with Gasteiger partial charge in [0.2, 0.25) is 11.3 Å². The van der Waals surface area contributed by atoms with E-state index < -0.39 is 0 Å². The molecule has 11 aromatic rings. The number of rotatable bonds is 16. The summed E-state index contributed by atoms with van der Waals surface area (Å²) in [5, 5.41) is 20.8. The molecule has 4 aliphatic carbocycles. The van der Waals surface area contributed by atoms with Crippen LogP contribution in [0.1, 0.15) is 151 Å². The van der Waals surface area contributed by atoms with Crippen molar-refractivity contribution in [3.05, 3.63) is 168 Å². The standard InChI is InChI=1S/C85H88N12S4/c1-50-26-34-58(35-27-50)98-66-46-42-62(86-54-18-10-6-11-19-54)70-74(66)81-91-78(70)90-79-71-63(87-55-20-12-7-13-21-55)43-48-68(100-60-38-30-52(3)31-39-60)76(71)83(93-79)96-85-77-69(101-61-40-32-53(4)33-41-61)49-45-65(89-57-24-16-9-17-25-57)73(77)84(97(85)5)95-82-75-67(99-59-36-28-51(2)29-37-59)47-44-64(72(75)80(92-81)94-82)88-56-22-14-8-15-23-56/h26-49,54-57H,6-25H2,1-5H3,(H5,86,87,88,89,90,91,92,93,94,95,96)/p+1. The average Bonchev–Trinajstić information content (AvgIpc) is 1.57. The molecule has 8 bridgehead atoms. The molecule has 0 unspecified atom stereocenters. The molecule has 16 heteroatoms. The highest BCUT2D eigenvalue weighted by molar-refractivity contribution is 8.00. The normalized spacial score (nSPS) is 16.2. The van der Waals surface area contributed by atoms with Crippen molar-refractivity contribution in [1.82, 2.24) is 34.9 Å². The van der Waals surface area contributed by atoms with Crippen LogP contribution in [0.5, 0.6) is 0 Å². The summed E-state index contributed by atoms with van der Waals surface area (Å²) in [6, 6.07) is 55.4. The number of aromatic amines is 2. The Kier molecular flexibility index (Phi) is 18.9. The maximum atomic E-state index is 6.21. The summed E-state index contributed by atoms with van der Waals surface area (Å²) in [4.78, 5) is 47.6. The first-order chi connectivity index (χ1) is 49.5. The molecule has 0 atom stereocenters. The van der Waals surface area contributed by atoms with E-state index in [1.165, 1.54) is 99.3 Å². The van der Waals surface area contributed by atoms with Gasteiger partial charge >= 0.3 is 0 Å². The van der Waals surface area contributed by atoms with E-state index in [0.29, 0.717) is 47.1 Å². The third-order valence-corrected chi connectivity index (χ3v) is 25.8. The Morgan fingerprint density at radius 2 is 0.594 bits per heavy atom. The van der Waals surface area contributed by atoms with E-state index in [2.05, 4.69) is 216 Å². The van der Waals surface area contributed by atoms with Gasteiger partial charge in [-0.2, -0.15) is 0 Å². The van der Waals surface area contributed by atoms with Crippen molar-refractivity contribution in [1.29, 1.82) is 0 Å². The molecule has 101 heavy (non-hydrogen) atoms. The molecule has 8 aromatic carbocycles. The Morgan fingerprint density at radius 1 is 0.297 bits per heavy atom. The van der Waals surface area contributed by atoms with Crippen LogP contribution in [0, 0.1) is 27.7 Å². The lowest BCUT2D eigenvalue weighted by Crippen LogP contribution is -2.31. The number of benzene rings is 8. The van der Waals surface area contributed by atoms with Gasteiger partial charge in [0.1, 0.15) is 11.3 Å². The Balaban J connectivity index is 1.04. The molecule has 6 N–H and O–H groups in total. The number of anilines is 4. The molecule has 0 radical (unpaired) electrons. The van der Waals surface area contributed by atoms with Crippen LogP contribution in [0.25, 0.3) is 89.7 Å². The predicted octanol–water partition coefficient (Wildman–Crippen LogP) is 23.1. The number of nitrogens with one attached hydrogen (secondary N) is 6. The lowest BCUT2D eigenvalue weighted by atomic mass is 9.94. The largest absolute Gasteiger partial charge is 0.382 e. The summed E-state index contributed by atoms with van der Waals surface area (Å²) in [7, 11) is 2.18. The molecule has 0 spiro atoms. The van der Waals surface area contributed by atoms with E-state index in [9.17, 15) is 0 Å². The number of nitrogens with zero attached hydrogens (tertiary/aromatic N) is 6. The highest BCUT2D eigenvalue weighted by Gasteiger charge is 2.38. The van der Waals surface area contributed by atoms with Gasteiger partial charge < -0.3 is 31.2 Å². The monoisotopic (exact) mass is 1410 g/mol. The van der Waals surface area contributed by atoms with E-state index in [0.717, 1.165) is 180 Å². The third kappa shape index (κ3) is 13.8. The van der Waals surface area contributed by atoms with Crippen molar-refractivity contribution >= 4 is 114 Å². The molecule has 12 nitrogen and oxygen atoms in total. The van der Waals surface area contributed by atoms with Crippen LogP contribution in [0.2, 0.25) is 0 Å². The lowest BCUT2D eigenvalue weighted by molar-refractivity contribution is -0.650. The second-order valence-electron chi connectivity index (χ2n) is 29.1. The zero-order valence-electron chi connectivity index (χ0n) is 58.6. The number of H-pyrrole nitrogens is 2. The quantitative estimate of drug-likeness (QED) is 0.0511. The highest BCUT2D eigenvalue weighted by Crippen LogP contribution is 2.52. The number of hydrogen-bond donors (Lipinski definition) is 6.